The summed E-state index contributed by atoms with van der Waals surface area (Å²) in [5.74, 6) is -0.480. The van der Waals surface area contributed by atoms with Gasteiger partial charge in [0.2, 0.25) is 0 Å². The number of rotatable bonds is 2. The third-order valence-corrected chi connectivity index (χ3v) is 5.28. The fourth-order valence-corrected chi connectivity index (χ4v) is 3.99. The van der Waals surface area contributed by atoms with E-state index in [4.69, 9.17) is 5.48 Å². The van der Waals surface area contributed by atoms with Crippen molar-refractivity contribution in [2.24, 2.45) is 6.98 Å². The van der Waals surface area contributed by atoms with Crippen LogP contribution in [0.3, 0.4) is 0 Å². The number of nitrogens with zero attached hydrogens (tertiary/aromatic N) is 3. The van der Waals surface area contributed by atoms with Crippen molar-refractivity contribution in [2.75, 3.05) is 7.05 Å². The quantitative estimate of drug-likeness (QED) is 0.925. The van der Waals surface area contributed by atoms with Crippen molar-refractivity contribution in [3.8, 4) is 0 Å². The number of nitrogens with one attached hydrogen (secondary N) is 1. The van der Waals surface area contributed by atoms with Gasteiger partial charge in [0, 0.05) is 34.6 Å². The predicted octanol–water partition coefficient (Wildman–Crippen LogP) is 2.32. The minimum absolute atomic E-state index is 0.0671. The molecule has 2 aliphatic heterocycles. The van der Waals surface area contributed by atoms with E-state index in [2.05, 4.69) is 22.4 Å². The molecule has 1 aromatic heterocycles. The molecule has 122 valence electrons. The summed E-state index contributed by atoms with van der Waals surface area (Å²) in [6, 6.07) is 6.35. The molecule has 23 heavy (non-hydrogen) atoms. The second-order valence-electron chi connectivity index (χ2n) is 6.65. The second kappa shape index (κ2) is 5.64. The Hall–Kier alpha value is -1.88. The Morgan fingerprint density at radius 3 is 2.83 bits per heavy atom. The number of amides is 1. The van der Waals surface area contributed by atoms with Gasteiger partial charge >= 0.3 is 0 Å². The van der Waals surface area contributed by atoms with Gasteiger partial charge in [0.25, 0.3) is 5.91 Å². The summed E-state index contributed by atoms with van der Waals surface area (Å²) in [5, 5.41) is 7.44. The molecule has 3 heterocycles. The number of aromatic nitrogens is 2. The van der Waals surface area contributed by atoms with Gasteiger partial charge in [-0.05, 0) is 38.8 Å². The van der Waals surface area contributed by atoms with Crippen LogP contribution >= 0.6 is 0 Å². The third kappa shape index (κ3) is 2.53. The first kappa shape index (κ1) is 10.8. The molecule has 2 bridgehead atoms. The largest absolute Gasteiger partial charge is 0.348 e. The van der Waals surface area contributed by atoms with E-state index in [1.807, 2.05) is 0 Å². The number of carbonyl (C=O) groups excluding carboxylic acids is 1. The van der Waals surface area contributed by atoms with Crippen LogP contribution in [-0.4, -0.2) is 45.7 Å². The van der Waals surface area contributed by atoms with E-state index < -0.39 is 18.9 Å². The van der Waals surface area contributed by atoms with Gasteiger partial charge < -0.3 is 10.2 Å². The SMILES string of the molecule is [2H]C1(NC(=O)c2nn(C([2H])([2H])[2H])c3ccccc23)CC2CCCC(C1)N2C. The zero-order valence-corrected chi connectivity index (χ0v) is 13.2. The maximum Gasteiger partial charge on any atom is 0.272 e. The fourth-order valence-electron chi connectivity index (χ4n) is 3.99. The number of benzene rings is 1. The molecular weight excluding hydrogens is 288 g/mol. The van der Waals surface area contributed by atoms with Crippen LogP contribution in [-0.2, 0) is 6.98 Å². The molecule has 0 saturated carbocycles. The van der Waals surface area contributed by atoms with Gasteiger partial charge in [-0.25, -0.2) is 0 Å². The van der Waals surface area contributed by atoms with E-state index in [9.17, 15) is 4.79 Å². The summed E-state index contributed by atoms with van der Waals surface area (Å²) in [5.41, 5.74) is 0.458. The van der Waals surface area contributed by atoms with Crippen LogP contribution in [0, 0.1) is 0 Å². The smallest absolute Gasteiger partial charge is 0.272 e. The van der Waals surface area contributed by atoms with Crippen LogP contribution in [0.25, 0.3) is 10.9 Å². The van der Waals surface area contributed by atoms with Crippen molar-refractivity contribution in [1.29, 1.82) is 0 Å². The van der Waals surface area contributed by atoms with Crippen LogP contribution in [0.4, 0.5) is 0 Å². The number of fused-ring (bicyclic) bond motifs is 3. The molecule has 2 atom stereocenters. The molecule has 4 rings (SSSR count). The van der Waals surface area contributed by atoms with Crippen LogP contribution in [0.5, 0.6) is 0 Å². The molecule has 1 aromatic carbocycles. The molecule has 2 unspecified atom stereocenters. The van der Waals surface area contributed by atoms with Crippen molar-refractivity contribution < 1.29 is 10.3 Å². The van der Waals surface area contributed by atoms with Gasteiger partial charge in [-0.1, -0.05) is 24.6 Å². The second-order valence-corrected chi connectivity index (χ2v) is 6.65. The lowest BCUT2D eigenvalue weighted by Gasteiger charge is -2.47. The van der Waals surface area contributed by atoms with E-state index in [0.717, 1.165) is 23.9 Å². The zero-order chi connectivity index (χ0) is 19.4. The fraction of sp³-hybridized carbons (Fsp3) is 0.556. The highest BCUT2D eigenvalue weighted by atomic mass is 16.2. The number of aryl methyl sites for hydroxylation is 1. The van der Waals surface area contributed by atoms with Crippen LogP contribution < -0.4 is 5.32 Å². The average Bonchev–Trinajstić information content (AvgIpc) is 2.96. The van der Waals surface area contributed by atoms with Gasteiger partial charge in [-0.3, -0.25) is 9.48 Å². The molecule has 0 radical (unpaired) electrons. The molecule has 2 saturated heterocycles. The zero-order valence-electron chi connectivity index (χ0n) is 17.2. The molecule has 0 aliphatic carbocycles. The lowest BCUT2D eigenvalue weighted by atomic mass is 9.82. The van der Waals surface area contributed by atoms with E-state index in [-0.39, 0.29) is 5.69 Å². The summed E-state index contributed by atoms with van der Waals surface area (Å²) in [6.07, 6.45) is 4.39. The Kier molecular flexibility index (Phi) is 2.65. The Morgan fingerprint density at radius 2 is 2.09 bits per heavy atom. The summed E-state index contributed by atoms with van der Waals surface area (Å²) in [6.45, 7) is -2.47. The molecule has 2 aliphatic rings. The molecule has 1 N–H and O–H groups in total. The molecule has 2 aromatic rings. The number of para-hydroxylation sites is 1. The van der Waals surface area contributed by atoms with Crippen molar-refractivity contribution in [3.63, 3.8) is 0 Å². The summed E-state index contributed by atoms with van der Waals surface area (Å²) >= 11 is 0. The number of piperidine rings is 2. The standard InChI is InChI=1S/C18H24N4O/c1-21-13-6-5-7-14(21)11-12(10-13)19-18(23)17-15-8-3-4-9-16(15)22(2)20-17/h3-4,8-9,12-14H,5-7,10-11H2,1-2H3,(H,19,23)/i2D3,12D. The van der Waals surface area contributed by atoms with Crippen LogP contribution in [0.15, 0.2) is 24.3 Å². The Morgan fingerprint density at radius 1 is 1.35 bits per heavy atom. The number of hydrogen-bond acceptors (Lipinski definition) is 3. The molecular formula is C18H24N4O. The lowest BCUT2D eigenvalue weighted by Crippen LogP contribution is -2.55. The maximum absolute atomic E-state index is 13.0. The molecule has 5 heteroatoms. The minimum atomic E-state index is -2.47. The average molecular weight is 316 g/mol. The Balaban J connectivity index is 1.64. The van der Waals surface area contributed by atoms with E-state index in [1.54, 1.807) is 24.3 Å². The first-order chi connectivity index (χ1) is 12.7. The highest BCUT2D eigenvalue weighted by Gasteiger charge is 2.36. The van der Waals surface area contributed by atoms with Gasteiger partial charge in [0.1, 0.15) is 0 Å². The normalized spacial score (nSPS) is 34.3. The number of hydrogen-bond donors (Lipinski definition) is 1. The van der Waals surface area contributed by atoms with E-state index in [0.29, 0.717) is 35.8 Å². The highest BCUT2D eigenvalue weighted by Crippen LogP contribution is 2.32. The Labute approximate surface area is 142 Å². The summed E-state index contributed by atoms with van der Waals surface area (Å²) in [7, 11) is 2.10. The maximum atomic E-state index is 13.0. The van der Waals surface area contributed by atoms with Gasteiger partial charge in [-0.15, -0.1) is 0 Å². The summed E-state index contributed by atoms with van der Waals surface area (Å²) in [4.78, 5) is 15.3. The molecule has 0 spiro atoms. The summed E-state index contributed by atoms with van der Waals surface area (Å²) < 4.78 is 32.7. The van der Waals surface area contributed by atoms with Crippen molar-refractivity contribution >= 4 is 16.8 Å². The predicted molar refractivity (Wildman–Crippen MR) is 90.4 cm³/mol. The molecule has 2 fully saturated rings. The third-order valence-electron chi connectivity index (χ3n) is 5.28. The monoisotopic (exact) mass is 316 g/mol. The van der Waals surface area contributed by atoms with Crippen molar-refractivity contribution in [2.45, 2.75) is 50.2 Å². The van der Waals surface area contributed by atoms with Crippen molar-refractivity contribution in [3.05, 3.63) is 30.0 Å². The van der Waals surface area contributed by atoms with E-state index >= 15 is 0 Å². The van der Waals surface area contributed by atoms with E-state index in [1.165, 1.54) is 0 Å². The lowest BCUT2D eigenvalue weighted by molar-refractivity contribution is 0.0462. The van der Waals surface area contributed by atoms with Gasteiger partial charge in [0.05, 0.1) is 6.89 Å². The molecule has 5 nitrogen and oxygen atoms in total. The van der Waals surface area contributed by atoms with Gasteiger partial charge in [-0.2, -0.15) is 5.10 Å². The highest BCUT2D eigenvalue weighted by molar-refractivity contribution is 6.04. The van der Waals surface area contributed by atoms with Crippen LogP contribution in [0.1, 0.15) is 48.1 Å². The minimum Gasteiger partial charge on any atom is -0.348 e. The molecule has 1 amide bonds. The first-order valence-electron chi connectivity index (χ1n) is 10.2. The van der Waals surface area contributed by atoms with Crippen molar-refractivity contribution in [1.82, 2.24) is 20.0 Å². The van der Waals surface area contributed by atoms with Gasteiger partial charge in [0.15, 0.2) is 5.69 Å². The Bertz CT molecular complexity index is 864. The topological polar surface area (TPSA) is 50.2 Å². The first-order valence-corrected chi connectivity index (χ1v) is 8.21. The number of carbonyl (C=O) groups is 1. The van der Waals surface area contributed by atoms with Crippen LogP contribution in [0.2, 0.25) is 0 Å².